The molecule has 1 aliphatic heterocycles. The number of benzene rings is 1. The van der Waals surface area contributed by atoms with E-state index in [9.17, 15) is 9.18 Å². The molecule has 1 fully saturated rings. The minimum Gasteiger partial charge on any atom is -0.339 e. The fourth-order valence-corrected chi connectivity index (χ4v) is 4.65. The predicted octanol–water partition coefficient (Wildman–Crippen LogP) is 2.39. The van der Waals surface area contributed by atoms with Crippen molar-refractivity contribution in [1.82, 2.24) is 29.5 Å². The van der Waals surface area contributed by atoms with Crippen molar-refractivity contribution in [3.05, 3.63) is 32.7 Å². The van der Waals surface area contributed by atoms with Gasteiger partial charge < -0.3 is 10.6 Å². The number of H-pyrrole nitrogens is 1. The standard InChI is InChI=1S/C19H19Cl2FN8O/c1-28-18(31)13-15(8-3-4-11-12(14(8)20)16(21)29(2)27-11)25-26-17(13)24-19(28)30-6-5-10(23)9(22)7-30/h3-4,9-10H,5-7,23H2,1-2H3,(H,25,26)/t9-,10+/m1/s1. The largest absolute Gasteiger partial charge is 0.339 e. The summed E-state index contributed by atoms with van der Waals surface area (Å²) in [6.07, 6.45) is -0.714. The van der Waals surface area contributed by atoms with Gasteiger partial charge in [0.1, 0.15) is 16.7 Å². The van der Waals surface area contributed by atoms with Gasteiger partial charge in [-0.1, -0.05) is 23.2 Å². The van der Waals surface area contributed by atoms with Gasteiger partial charge in [0.05, 0.1) is 28.2 Å². The second kappa shape index (κ2) is 7.18. The smallest absolute Gasteiger partial charge is 0.266 e. The SMILES string of the molecule is Cn1nc2ccc(-c3[nH]nc4nc(N5CC[C@H](N)[C@H](F)C5)n(C)c(=O)c34)c(Cl)c2c1Cl. The molecule has 1 aromatic carbocycles. The van der Waals surface area contributed by atoms with Gasteiger partial charge in [0, 0.05) is 32.2 Å². The van der Waals surface area contributed by atoms with Crippen LogP contribution < -0.4 is 16.2 Å². The Bertz CT molecular complexity index is 1390. The molecule has 4 heterocycles. The molecule has 5 rings (SSSR count). The highest BCUT2D eigenvalue weighted by Gasteiger charge is 2.29. The zero-order chi connectivity index (χ0) is 22.0. The van der Waals surface area contributed by atoms with Crippen molar-refractivity contribution in [1.29, 1.82) is 0 Å². The third-order valence-electron chi connectivity index (χ3n) is 5.78. The summed E-state index contributed by atoms with van der Waals surface area (Å²) in [5.74, 6) is 0.349. The van der Waals surface area contributed by atoms with Gasteiger partial charge in [-0.15, -0.1) is 0 Å². The van der Waals surface area contributed by atoms with E-state index in [4.69, 9.17) is 28.9 Å². The summed E-state index contributed by atoms with van der Waals surface area (Å²) in [7, 11) is 3.33. The monoisotopic (exact) mass is 464 g/mol. The first-order valence-corrected chi connectivity index (χ1v) is 10.4. The fourth-order valence-electron chi connectivity index (χ4n) is 4.03. The molecular weight excluding hydrogens is 446 g/mol. The summed E-state index contributed by atoms with van der Waals surface area (Å²) in [6.45, 7) is 0.582. The van der Waals surface area contributed by atoms with Crippen LogP contribution >= 0.6 is 23.2 Å². The third-order valence-corrected chi connectivity index (χ3v) is 6.61. The Morgan fingerprint density at radius 2 is 2.03 bits per heavy atom. The molecule has 2 atom stereocenters. The minimum atomic E-state index is -1.19. The van der Waals surface area contributed by atoms with Crippen LogP contribution in [0.2, 0.25) is 10.2 Å². The molecule has 3 N–H and O–H groups in total. The summed E-state index contributed by atoms with van der Waals surface area (Å²) < 4.78 is 17.1. The molecule has 162 valence electrons. The number of alkyl halides is 1. The Morgan fingerprint density at radius 3 is 2.77 bits per heavy atom. The Balaban J connectivity index is 1.67. The first kappa shape index (κ1) is 20.2. The second-order valence-electron chi connectivity index (χ2n) is 7.72. The van der Waals surface area contributed by atoms with Crippen LogP contribution in [-0.2, 0) is 14.1 Å². The highest BCUT2D eigenvalue weighted by molar-refractivity contribution is 6.43. The zero-order valence-electron chi connectivity index (χ0n) is 16.7. The molecule has 0 bridgehead atoms. The van der Waals surface area contributed by atoms with Crippen LogP contribution in [0.25, 0.3) is 33.2 Å². The highest BCUT2D eigenvalue weighted by Crippen LogP contribution is 2.38. The molecular formula is C19H19Cl2FN8O. The van der Waals surface area contributed by atoms with E-state index < -0.39 is 12.2 Å². The first-order valence-electron chi connectivity index (χ1n) is 9.68. The van der Waals surface area contributed by atoms with Crippen LogP contribution in [0, 0.1) is 0 Å². The number of halogens is 3. The number of aryl methyl sites for hydroxylation is 1. The summed E-state index contributed by atoms with van der Waals surface area (Å²) in [5, 5.41) is 13.1. The number of fused-ring (bicyclic) bond motifs is 2. The molecule has 12 heteroatoms. The van der Waals surface area contributed by atoms with Gasteiger partial charge in [0.25, 0.3) is 5.56 Å². The number of rotatable bonds is 2. The lowest BCUT2D eigenvalue weighted by molar-refractivity contribution is 0.249. The van der Waals surface area contributed by atoms with Crippen LogP contribution in [0.4, 0.5) is 10.3 Å². The maximum atomic E-state index is 14.2. The van der Waals surface area contributed by atoms with E-state index in [1.54, 1.807) is 31.1 Å². The van der Waals surface area contributed by atoms with E-state index in [-0.39, 0.29) is 23.1 Å². The molecule has 0 radical (unpaired) electrons. The molecule has 9 nitrogen and oxygen atoms in total. The molecule has 0 saturated carbocycles. The highest BCUT2D eigenvalue weighted by atomic mass is 35.5. The molecule has 0 amide bonds. The van der Waals surface area contributed by atoms with Gasteiger partial charge in [-0.25, -0.2) is 4.39 Å². The van der Waals surface area contributed by atoms with Crippen molar-refractivity contribution >= 4 is 51.1 Å². The van der Waals surface area contributed by atoms with Gasteiger partial charge in [-0.2, -0.15) is 15.2 Å². The van der Waals surface area contributed by atoms with Crippen molar-refractivity contribution in [3.8, 4) is 11.3 Å². The van der Waals surface area contributed by atoms with Crippen LogP contribution in [-0.4, -0.2) is 54.8 Å². The Kier molecular flexibility index (Phi) is 4.68. The molecule has 0 aliphatic carbocycles. The summed E-state index contributed by atoms with van der Waals surface area (Å²) >= 11 is 13.0. The number of nitrogens with zero attached hydrogens (tertiary/aromatic N) is 6. The van der Waals surface area contributed by atoms with Gasteiger partial charge >= 0.3 is 0 Å². The van der Waals surface area contributed by atoms with E-state index in [2.05, 4.69) is 20.3 Å². The average molecular weight is 465 g/mol. The number of hydrogen-bond donors (Lipinski definition) is 2. The van der Waals surface area contributed by atoms with Crippen LogP contribution in [0.3, 0.4) is 0 Å². The number of anilines is 1. The van der Waals surface area contributed by atoms with E-state index in [1.807, 2.05) is 0 Å². The maximum absolute atomic E-state index is 14.2. The molecule has 0 unspecified atom stereocenters. The topological polar surface area (TPSA) is 111 Å². The number of hydrogen-bond acceptors (Lipinski definition) is 6. The number of piperidine rings is 1. The van der Waals surface area contributed by atoms with Gasteiger partial charge in [-0.3, -0.25) is 19.1 Å². The Hall–Kier alpha value is -2.69. The number of nitrogens with two attached hydrogens (primary N) is 1. The van der Waals surface area contributed by atoms with Crippen molar-refractivity contribution in [2.75, 3.05) is 18.0 Å². The molecule has 0 spiro atoms. The first-order chi connectivity index (χ1) is 14.8. The minimum absolute atomic E-state index is 0.0756. The predicted molar refractivity (Wildman–Crippen MR) is 119 cm³/mol. The zero-order valence-corrected chi connectivity index (χ0v) is 18.2. The average Bonchev–Trinajstić information content (AvgIpc) is 3.28. The van der Waals surface area contributed by atoms with Gasteiger partial charge in [0.2, 0.25) is 5.95 Å². The van der Waals surface area contributed by atoms with Crippen molar-refractivity contribution < 1.29 is 4.39 Å². The van der Waals surface area contributed by atoms with E-state index >= 15 is 0 Å². The molecule has 3 aromatic heterocycles. The quantitative estimate of drug-likeness (QED) is 0.471. The third kappa shape index (κ3) is 3.00. The molecule has 31 heavy (non-hydrogen) atoms. The number of aromatic nitrogens is 6. The number of nitrogens with one attached hydrogen (secondary N) is 1. The Labute approximate surface area is 185 Å². The molecule has 4 aromatic rings. The Morgan fingerprint density at radius 1 is 1.26 bits per heavy atom. The van der Waals surface area contributed by atoms with E-state index in [1.165, 1.54) is 9.25 Å². The van der Waals surface area contributed by atoms with E-state index in [0.717, 1.165) is 0 Å². The lowest BCUT2D eigenvalue weighted by Crippen LogP contribution is -2.50. The van der Waals surface area contributed by atoms with E-state index in [0.29, 0.717) is 51.2 Å². The normalized spacial score (nSPS) is 19.6. The summed E-state index contributed by atoms with van der Waals surface area (Å²) in [6, 6.07) is 3.03. The van der Waals surface area contributed by atoms with Crippen LogP contribution in [0.5, 0.6) is 0 Å². The van der Waals surface area contributed by atoms with Crippen LogP contribution in [0.1, 0.15) is 6.42 Å². The molecule has 1 aliphatic rings. The number of aromatic amines is 1. The summed E-state index contributed by atoms with van der Waals surface area (Å²) in [4.78, 5) is 19.5. The lowest BCUT2D eigenvalue weighted by Gasteiger charge is -2.34. The van der Waals surface area contributed by atoms with Crippen molar-refractivity contribution in [2.24, 2.45) is 19.8 Å². The maximum Gasteiger partial charge on any atom is 0.266 e. The van der Waals surface area contributed by atoms with Gasteiger partial charge in [0.15, 0.2) is 5.65 Å². The second-order valence-corrected chi connectivity index (χ2v) is 8.46. The lowest BCUT2D eigenvalue weighted by atomic mass is 10.0. The molecule has 1 saturated heterocycles. The van der Waals surface area contributed by atoms with Crippen molar-refractivity contribution in [2.45, 2.75) is 18.6 Å². The van der Waals surface area contributed by atoms with Crippen molar-refractivity contribution in [3.63, 3.8) is 0 Å². The fraction of sp³-hybridized carbons (Fsp3) is 0.368. The van der Waals surface area contributed by atoms with Crippen LogP contribution in [0.15, 0.2) is 16.9 Å². The summed E-state index contributed by atoms with van der Waals surface area (Å²) in [5.41, 5.74) is 7.32. The van der Waals surface area contributed by atoms with Gasteiger partial charge in [-0.05, 0) is 18.6 Å².